The van der Waals surface area contributed by atoms with Gasteiger partial charge in [-0.1, -0.05) is 24.4 Å². The van der Waals surface area contributed by atoms with E-state index in [1.165, 1.54) is 37.0 Å². The first-order valence-electron chi connectivity index (χ1n) is 8.57. The highest BCUT2D eigenvalue weighted by atomic mass is 35.5. The van der Waals surface area contributed by atoms with E-state index in [1.54, 1.807) is 11.3 Å². The van der Waals surface area contributed by atoms with Gasteiger partial charge in [0.25, 0.3) is 0 Å². The lowest BCUT2D eigenvalue weighted by atomic mass is 9.89. The molecule has 3 atom stereocenters. The summed E-state index contributed by atoms with van der Waals surface area (Å²) in [7, 11) is 0. The largest absolute Gasteiger partial charge is 0.391 e. The summed E-state index contributed by atoms with van der Waals surface area (Å²) in [6.45, 7) is 4.44. The molecule has 22 heavy (non-hydrogen) atoms. The molecule has 0 spiro atoms. The summed E-state index contributed by atoms with van der Waals surface area (Å²) in [4.78, 5) is 3.84. The molecule has 2 fully saturated rings. The average Bonchev–Trinajstić information content (AvgIpc) is 2.95. The lowest BCUT2D eigenvalue weighted by Gasteiger charge is -2.42. The molecule has 1 aromatic heterocycles. The minimum atomic E-state index is -0.106. The Kier molecular flexibility index (Phi) is 5.80. The van der Waals surface area contributed by atoms with E-state index in [-0.39, 0.29) is 6.10 Å². The number of aliphatic hydroxyl groups is 1. The molecule has 2 heterocycles. The van der Waals surface area contributed by atoms with E-state index in [0.29, 0.717) is 18.1 Å². The van der Waals surface area contributed by atoms with Crippen LogP contribution >= 0.6 is 22.9 Å². The molecule has 1 aliphatic carbocycles. The minimum Gasteiger partial charge on any atom is -0.391 e. The van der Waals surface area contributed by atoms with Gasteiger partial charge in [0.15, 0.2) is 0 Å². The van der Waals surface area contributed by atoms with Gasteiger partial charge >= 0.3 is 0 Å². The topological polar surface area (TPSA) is 35.5 Å². The highest BCUT2D eigenvalue weighted by Crippen LogP contribution is 2.29. The maximum Gasteiger partial charge on any atom is 0.0931 e. The van der Waals surface area contributed by atoms with Crippen molar-refractivity contribution in [3.63, 3.8) is 0 Å². The third-order valence-corrected chi connectivity index (χ3v) is 6.61. The number of nitrogens with one attached hydrogen (secondary N) is 1. The number of rotatable bonds is 4. The summed E-state index contributed by atoms with van der Waals surface area (Å²) in [5.41, 5.74) is 0. The van der Waals surface area contributed by atoms with E-state index in [1.807, 2.05) is 6.07 Å². The van der Waals surface area contributed by atoms with Crippen molar-refractivity contribution in [3.8, 4) is 0 Å². The molecule has 3 nitrogen and oxygen atoms in total. The molecule has 1 aromatic rings. The number of halogens is 1. The molecule has 0 aromatic carbocycles. The van der Waals surface area contributed by atoms with Gasteiger partial charge in [0.2, 0.25) is 0 Å². The molecule has 0 bridgehead atoms. The molecule has 0 amide bonds. The summed E-state index contributed by atoms with van der Waals surface area (Å²) in [6.07, 6.45) is 6.86. The number of nitrogens with zero attached hydrogens (tertiary/aromatic N) is 1. The Bertz CT molecular complexity index is 473. The van der Waals surface area contributed by atoms with Crippen LogP contribution < -0.4 is 5.32 Å². The number of thiophene rings is 1. The predicted octanol–water partition coefficient (Wildman–Crippen LogP) is 3.82. The van der Waals surface area contributed by atoms with Crippen molar-refractivity contribution in [3.05, 3.63) is 21.3 Å². The second-order valence-corrected chi connectivity index (χ2v) is 8.51. The lowest BCUT2D eigenvalue weighted by molar-refractivity contribution is 0.00673. The smallest absolute Gasteiger partial charge is 0.0931 e. The second kappa shape index (κ2) is 7.63. The molecule has 1 saturated carbocycles. The highest BCUT2D eigenvalue weighted by Gasteiger charge is 2.31. The molecule has 0 radical (unpaired) electrons. The Morgan fingerprint density at radius 2 is 1.95 bits per heavy atom. The van der Waals surface area contributed by atoms with Crippen LogP contribution in [0, 0.1) is 0 Å². The van der Waals surface area contributed by atoms with Gasteiger partial charge in [0.1, 0.15) is 0 Å². The Morgan fingerprint density at radius 1 is 1.23 bits per heavy atom. The van der Waals surface area contributed by atoms with Crippen LogP contribution in [-0.4, -0.2) is 41.3 Å². The zero-order valence-corrected chi connectivity index (χ0v) is 14.9. The number of likely N-dealkylation sites (tertiary alicyclic amines) is 1. The van der Waals surface area contributed by atoms with E-state index in [4.69, 9.17) is 11.6 Å². The Balaban J connectivity index is 1.47. The Hall–Kier alpha value is -0.130. The van der Waals surface area contributed by atoms with Gasteiger partial charge in [-0.15, -0.1) is 11.3 Å². The first kappa shape index (κ1) is 16.7. The fourth-order valence-electron chi connectivity index (χ4n) is 3.91. The molecule has 1 saturated heterocycles. The maximum atomic E-state index is 10.2. The number of piperidine rings is 1. The average molecular weight is 343 g/mol. The SMILES string of the molecule is CC(NC1CCN(C2CCCCC2O)CC1)c1ccc(Cl)s1. The standard InChI is InChI=1S/C17H27ClN2OS/c1-12(16-6-7-17(18)22-16)19-13-8-10-20(11-9-13)14-4-2-3-5-15(14)21/h6-7,12-15,19,21H,2-5,8-11H2,1H3. The van der Waals surface area contributed by atoms with Crippen molar-refractivity contribution in [1.82, 2.24) is 10.2 Å². The molecule has 2 aliphatic rings. The fraction of sp³-hybridized carbons (Fsp3) is 0.765. The first-order chi connectivity index (χ1) is 10.6. The zero-order chi connectivity index (χ0) is 15.5. The Morgan fingerprint density at radius 3 is 2.59 bits per heavy atom. The van der Waals surface area contributed by atoms with Crippen LogP contribution in [-0.2, 0) is 0 Å². The summed E-state index contributed by atoms with van der Waals surface area (Å²) in [5, 5.41) is 14.0. The van der Waals surface area contributed by atoms with Crippen LogP contribution in [0.4, 0.5) is 0 Å². The van der Waals surface area contributed by atoms with Crippen molar-refractivity contribution in [2.45, 2.75) is 69.7 Å². The lowest BCUT2D eigenvalue weighted by Crippen LogP contribution is -2.51. The van der Waals surface area contributed by atoms with Gasteiger partial charge in [0.05, 0.1) is 10.4 Å². The third-order valence-electron chi connectivity index (χ3n) is 5.20. The van der Waals surface area contributed by atoms with Gasteiger partial charge in [-0.05, 0) is 44.7 Å². The van der Waals surface area contributed by atoms with Crippen LogP contribution in [0.2, 0.25) is 4.34 Å². The summed E-state index contributed by atoms with van der Waals surface area (Å²) >= 11 is 7.69. The summed E-state index contributed by atoms with van der Waals surface area (Å²) in [6, 6.07) is 5.45. The molecular formula is C17H27ClN2OS. The number of hydrogen-bond acceptors (Lipinski definition) is 4. The summed E-state index contributed by atoms with van der Waals surface area (Å²) in [5.74, 6) is 0. The van der Waals surface area contributed by atoms with E-state index >= 15 is 0 Å². The van der Waals surface area contributed by atoms with E-state index in [2.05, 4.69) is 23.2 Å². The molecule has 124 valence electrons. The normalized spacial score (nSPS) is 29.6. The quantitative estimate of drug-likeness (QED) is 0.873. The van der Waals surface area contributed by atoms with Gasteiger partial charge in [-0.2, -0.15) is 0 Å². The van der Waals surface area contributed by atoms with Gasteiger partial charge < -0.3 is 10.4 Å². The van der Waals surface area contributed by atoms with Crippen molar-refractivity contribution in [2.75, 3.05) is 13.1 Å². The van der Waals surface area contributed by atoms with Crippen LogP contribution in [0.5, 0.6) is 0 Å². The third kappa shape index (κ3) is 4.04. The second-order valence-electron chi connectivity index (χ2n) is 6.76. The van der Waals surface area contributed by atoms with E-state index < -0.39 is 0 Å². The molecule has 3 rings (SSSR count). The minimum absolute atomic E-state index is 0.106. The zero-order valence-electron chi connectivity index (χ0n) is 13.3. The van der Waals surface area contributed by atoms with Crippen molar-refractivity contribution >= 4 is 22.9 Å². The molecule has 5 heteroatoms. The Labute approximate surface area is 142 Å². The van der Waals surface area contributed by atoms with Gasteiger partial charge in [-0.25, -0.2) is 0 Å². The first-order valence-corrected chi connectivity index (χ1v) is 9.76. The van der Waals surface area contributed by atoms with Gasteiger partial charge in [0, 0.05) is 36.1 Å². The van der Waals surface area contributed by atoms with Crippen molar-refractivity contribution in [1.29, 1.82) is 0 Å². The molecule has 2 N–H and O–H groups in total. The fourth-order valence-corrected chi connectivity index (χ4v) is 4.98. The monoisotopic (exact) mass is 342 g/mol. The van der Waals surface area contributed by atoms with Crippen LogP contribution in [0.1, 0.15) is 56.4 Å². The van der Waals surface area contributed by atoms with E-state index in [0.717, 1.165) is 23.8 Å². The maximum absolute atomic E-state index is 10.2. The van der Waals surface area contributed by atoms with Crippen molar-refractivity contribution in [2.24, 2.45) is 0 Å². The van der Waals surface area contributed by atoms with Crippen molar-refractivity contribution < 1.29 is 5.11 Å². The summed E-state index contributed by atoms with van der Waals surface area (Å²) < 4.78 is 0.866. The van der Waals surface area contributed by atoms with Crippen LogP contribution in [0.3, 0.4) is 0 Å². The molecular weight excluding hydrogens is 316 g/mol. The van der Waals surface area contributed by atoms with Gasteiger partial charge in [-0.3, -0.25) is 4.90 Å². The van der Waals surface area contributed by atoms with Crippen LogP contribution in [0.15, 0.2) is 12.1 Å². The highest BCUT2D eigenvalue weighted by molar-refractivity contribution is 7.16. The molecule has 1 aliphatic heterocycles. The molecule has 3 unspecified atom stereocenters. The van der Waals surface area contributed by atoms with Crippen LogP contribution in [0.25, 0.3) is 0 Å². The van der Waals surface area contributed by atoms with E-state index in [9.17, 15) is 5.11 Å². The number of hydrogen-bond donors (Lipinski definition) is 2. The predicted molar refractivity (Wildman–Crippen MR) is 93.7 cm³/mol. The number of aliphatic hydroxyl groups excluding tert-OH is 1.